The van der Waals surface area contributed by atoms with Gasteiger partial charge in [-0.15, -0.1) is 0 Å². The van der Waals surface area contributed by atoms with E-state index in [0.717, 1.165) is 13.0 Å². The summed E-state index contributed by atoms with van der Waals surface area (Å²) in [5, 5.41) is 6.25. The van der Waals surface area contributed by atoms with E-state index in [1.54, 1.807) is 12.4 Å². The highest BCUT2D eigenvalue weighted by molar-refractivity contribution is 5.68. The number of pyridine rings is 1. The van der Waals surface area contributed by atoms with Crippen molar-refractivity contribution in [2.24, 2.45) is 0 Å². The maximum Gasteiger partial charge on any atom is 0.407 e. The van der Waals surface area contributed by atoms with Crippen LogP contribution in [0.15, 0.2) is 24.5 Å². The molecule has 1 aliphatic carbocycles. The van der Waals surface area contributed by atoms with Gasteiger partial charge in [0, 0.05) is 31.0 Å². The van der Waals surface area contributed by atoms with Gasteiger partial charge in [-0.1, -0.05) is 0 Å². The summed E-state index contributed by atoms with van der Waals surface area (Å²) in [7, 11) is 0. The predicted molar refractivity (Wildman–Crippen MR) is 72.6 cm³/mol. The topological polar surface area (TPSA) is 63.2 Å². The van der Waals surface area contributed by atoms with Crippen LogP contribution in [-0.2, 0) is 11.3 Å². The van der Waals surface area contributed by atoms with E-state index in [0.29, 0.717) is 6.04 Å². The van der Waals surface area contributed by atoms with E-state index in [1.165, 1.54) is 5.56 Å². The Balaban J connectivity index is 1.66. The molecule has 0 radical (unpaired) electrons. The molecular formula is C14H21N3O2. The van der Waals surface area contributed by atoms with Gasteiger partial charge >= 0.3 is 6.09 Å². The van der Waals surface area contributed by atoms with Crippen molar-refractivity contribution in [1.82, 2.24) is 15.6 Å². The van der Waals surface area contributed by atoms with Crippen LogP contribution in [0.3, 0.4) is 0 Å². The lowest BCUT2D eigenvalue weighted by Gasteiger charge is -2.19. The Labute approximate surface area is 113 Å². The van der Waals surface area contributed by atoms with Crippen LogP contribution in [0.25, 0.3) is 0 Å². The lowest BCUT2D eigenvalue weighted by atomic mass is 10.2. The van der Waals surface area contributed by atoms with Crippen LogP contribution < -0.4 is 10.6 Å². The first-order valence-electron chi connectivity index (χ1n) is 6.56. The summed E-state index contributed by atoms with van der Waals surface area (Å²) in [4.78, 5) is 15.5. The molecule has 0 bridgehead atoms. The van der Waals surface area contributed by atoms with Gasteiger partial charge in [-0.2, -0.15) is 0 Å². The fourth-order valence-electron chi connectivity index (χ4n) is 1.79. The lowest BCUT2D eigenvalue weighted by Crippen LogP contribution is -2.36. The molecule has 1 saturated carbocycles. The molecule has 2 unspecified atom stereocenters. The first-order chi connectivity index (χ1) is 8.94. The van der Waals surface area contributed by atoms with Crippen molar-refractivity contribution < 1.29 is 9.53 Å². The SMILES string of the molecule is CC(C)(C)OC(=O)NC1CC1NCc1ccncc1. The van der Waals surface area contributed by atoms with Gasteiger partial charge in [-0.3, -0.25) is 4.98 Å². The molecule has 19 heavy (non-hydrogen) atoms. The molecule has 1 aliphatic rings. The van der Waals surface area contributed by atoms with Crippen molar-refractivity contribution in [1.29, 1.82) is 0 Å². The summed E-state index contributed by atoms with van der Waals surface area (Å²) in [5.74, 6) is 0. The Kier molecular flexibility index (Phi) is 4.04. The number of hydrogen-bond acceptors (Lipinski definition) is 4. The molecule has 0 spiro atoms. The quantitative estimate of drug-likeness (QED) is 0.870. The predicted octanol–water partition coefficient (Wildman–Crippen LogP) is 1.84. The second-order valence-electron chi connectivity index (χ2n) is 5.83. The number of amides is 1. The smallest absolute Gasteiger partial charge is 0.407 e. The summed E-state index contributed by atoms with van der Waals surface area (Å²) < 4.78 is 5.21. The van der Waals surface area contributed by atoms with E-state index in [4.69, 9.17) is 4.74 Å². The van der Waals surface area contributed by atoms with Crippen LogP contribution in [0, 0.1) is 0 Å². The molecule has 5 nitrogen and oxygen atoms in total. The average Bonchev–Trinajstić information content (AvgIpc) is 3.03. The first kappa shape index (κ1) is 13.8. The molecule has 1 aromatic rings. The number of hydrogen-bond donors (Lipinski definition) is 2. The van der Waals surface area contributed by atoms with Gasteiger partial charge in [-0.05, 0) is 44.9 Å². The Morgan fingerprint density at radius 3 is 2.68 bits per heavy atom. The van der Waals surface area contributed by atoms with Gasteiger partial charge in [0.1, 0.15) is 5.60 Å². The van der Waals surface area contributed by atoms with E-state index >= 15 is 0 Å². The highest BCUT2D eigenvalue weighted by atomic mass is 16.6. The second kappa shape index (κ2) is 5.57. The molecule has 0 aromatic carbocycles. The van der Waals surface area contributed by atoms with Crippen LogP contribution in [0.5, 0.6) is 0 Å². The van der Waals surface area contributed by atoms with Crippen LogP contribution in [-0.4, -0.2) is 28.8 Å². The molecule has 0 saturated heterocycles. The van der Waals surface area contributed by atoms with E-state index < -0.39 is 5.60 Å². The number of carbonyl (C=O) groups is 1. The molecule has 1 amide bonds. The Bertz CT molecular complexity index is 428. The lowest BCUT2D eigenvalue weighted by molar-refractivity contribution is 0.0522. The van der Waals surface area contributed by atoms with Crippen molar-refractivity contribution in [3.05, 3.63) is 30.1 Å². The summed E-state index contributed by atoms with van der Waals surface area (Å²) in [6, 6.07) is 4.47. The monoisotopic (exact) mass is 263 g/mol. The zero-order chi connectivity index (χ0) is 13.9. The van der Waals surface area contributed by atoms with Gasteiger partial charge < -0.3 is 15.4 Å². The Morgan fingerprint density at radius 1 is 1.37 bits per heavy atom. The highest BCUT2D eigenvalue weighted by Crippen LogP contribution is 2.22. The van der Waals surface area contributed by atoms with E-state index in [2.05, 4.69) is 15.6 Å². The summed E-state index contributed by atoms with van der Waals surface area (Å²) in [5.41, 5.74) is 0.747. The minimum atomic E-state index is -0.445. The van der Waals surface area contributed by atoms with Crippen molar-refractivity contribution in [2.45, 2.75) is 51.4 Å². The van der Waals surface area contributed by atoms with Crippen molar-refractivity contribution in [3.63, 3.8) is 0 Å². The van der Waals surface area contributed by atoms with Crippen LogP contribution in [0.2, 0.25) is 0 Å². The molecule has 0 aliphatic heterocycles. The van der Waals surface area contributed by atoms with Gasteiger partial charge in [0.2, 0.25) is 0 Å². The third-order valence-corrected chi connectivity index (χ3v) is 2.81. The van der Waals surface area contributed by atoms with E-state index in [1.807, 2.05) is 32.9 Å². The number of nitrogens with zero attached hydrogens (tertiary/aromatic N) is 1. The largest absolute Gasteiger partial charge is 0.444 e. The molecule has 2 atom stereocenters. The van der Waals surface area contributed by atoms with Crippen molar-refractivity contribution in [2.75, 3.05) is 0 Å². The fourth-order valence-corrected chi connectivity index (χ4v) is 1.79. The van der Waals surface area contributed by atoms with Crippen LogP contribution in [0.1, 0.15) is 32.8 Å². The number of aromatic nitrogens is 1. The summed E-state index contributed by atoms with van der Waals surface area (Å²) in [6.45, 7) is 6.37. The standard InChI is InChI=1S/C14H21N3O2/c1-14(2,3)19-13(18)17-12-8-11(12)16-9-10-4-6-15-7-5-10/h4-7,11-12,16H,8-9H2,1-3H3,(H,17,18). The van der Waals surface area contributed by atoms with Crippen LogP contribution in [0.4, 0.5) is 4.79 Å². The van der Waals surface area contributed by atoms with Gasteiger partial charge in [0.05, 0.1) is 0 Å². The Morgan fingerprint density at radius 2 is 2.05 bits per heavy atom. The molecule has 2 N–H and O–H groups in total. The Hall–Kier alpha value is -1.62. The zero-order valence-corrected chi connectivity index (χ0v) is 11.6. The maximum absolute atomic E-state index is 11.6. The van der Waals surface area contributed by atoms with E-state index in [-0.39, 0.29) is 12.1 Å². The average molecular weight is 263 g/mol. The highest BCUT2D eigenvalue weighted by Gasteiger charge is 2.38. The second-order valence-corrected chi connectivity index (χ2v) is 5.83. The van der Waals surface area contributed by atoms with Crippen molar-refractivity contribution >= 4 is 6.09 Å². The van der Waals surface area contributed by atoms with Crippen molar-refractivity contribution in [3.8, 4) is 0 Å². The molecule has 5 heteroatoms. The summed E-state index contributed by atoms with van der Waals surface area (Å²) >= 11 is 0. The zero-order valence-electron chi connectivity index (χ0n) is 11.6. The molecule has 2 rings (SSSR count). The molecule has 1 aromatic heterocycles. The van der Waals surface area contributed by atoms with Crippen LogP contribution >= 0.6 is 0 Å². The normalized spacial score (nSPS) is 21.8. The van der Waals surface area contributed by atoms with Gasteiger partial charge in [0.15, 0.2) is 0 Å². The number of nitrogens with one attached hydrogen (secondary N) is 2. The molecule has 1 fully saturated rings. The third kappa shape index (κ3) is 4.87. The third-order valence-electron chi connectivity index (χ3n) is 2.81. The fraction of sp³-hybridized carbons (Fsp3) is 0.571. The number of ether oxygens (including phenoxy) is 1. The molecular weight excluding hydrogens is 242 g/mol. The number of carbonyl (C=O) groups excluding carboxylic acids is 1. The van der Waals surface area contributed by atoms with Gasteiger partial charge in [-0.25, -0.2) is 4.79 Å². The minimum absolute atomic E-state index is 0.177. The van der Waals surface area contributed by atoms with Gasteiger partial charge in [0.25, 0.3) is 0 Å². The number of rotatable bonds is 4. The minimum Gasteiger partial charge on any atom is -0.444 e. The molecule has 104 valence electrons. The van der Waals surface area contributed by atoms with E-state index in [9.17, 15) is 4.79 Å². The first-order valence-corrected chi connectivity index (χ1v) is 6.56. The summed E-state index contributed by atoms with van der Waals surface area (Å²) in [6.07, 6.45) is 4.16. The number of alkyl carbamates (subject to hydrolysis) is 1. The maximum atomic E-state index is 11.6. The molecule has 1 heterocycles.